The first-order chi connectivity index (χ1) is 8.79. The van der Waals surface area contributed by atoms with Gasteiger partial charge in [-0.05, 0) is 12.8 Å². The average molecular weight is 302 g/mol. The van der Waals surface area contributed by atoms with Crippen molar-refractivity contribution in [3.63, 3.8) is 0 Å². The molecule has 0 atom stereocenters. The average Bonchev–Trinajstić information content (AvgIpc) is 2.85. The lowest BCUT2D eigenvalue weighted by molar-refractivity contribution is 0.602. The van der Waals surface area contributed by atoms with Crippen molar-refractivity contribution in [3.05, 3.63) is 27.1 Å². The second-order valence-electron chi connectivity index (χ2n) is 4.40. The van der Waals surface area contributed by atoms with E-state index in [1.165, 1.54) is 6.92 Å². The molecule has 2 heterocycles. The van der Waals surface area contributed by atoms with Crippen LogP contribution in [0.1, 0.15) is 31.2 Å². The van der Waals surface area contributed by atoms with Crippen LogP contribution in [0.4, 0.5) is 5.82 Å². The Hall–Kier alpha value is -1.61. The molecule has 0 amide bonds. The van der Waals surface area contributed by atoms with E-state index in [9.17, 15) is 13.2 Å². The lowest BCUT2D eigenvalue weighted by Gasteiger charge is -2.02. The van der Waals surface area contributed by atoms with Crippen LogP contribution in [-0.4, -0.2) is 23.6 Å². The number of sulfonamides is 1. The third kappa shape index (κ3) is 2.87. The van der Waals surface area contributed by atoms with Crippen molar-refractivity contribution >= 4 is 27.2 Å². The number of aromatic amines is 2. The molecule has 0 spiro atoms. The summed E-state index contributed by atoms with van der Waals surface area (Å²) in [7, 11) is -3.78. The van der Waals surface area contributed by atoms with E-state index in [1.54, 1.807) is 6.07 Å². The van der Waals surface area contributed by atoms with Gasteiger partial charge in [-0.15, -0.1) is 0 Å². The van der Waals surface area contributed by atoms with Gasteiger partial charge in [0.25, 0.3) is 10.0 Å². The van der Waals surface area contributed by atoms with Crippen molar-refractivity contribution in [1.82, 2.24) is 15.2 Å². The zero-order chi connectivity index (χ0) is 14.2. The number of thiazole rings is 1. The first-order valence-electron chi connectivity index (χ1n) is 5.57. The number of H-pyrrole nitrogens is 2. The van der Waals surface area contributed by atoms with Gasteiger partial charge >= 0.3 is 4.87 Å². The van der Waals surface area contributed by atoms with E-state index in [0.29, 0.717) is 17.0 Å². The van der Waals surface area contributed by atoms with Gasteiger partial charge in [0, 0.05) is 17.5 Å². The van der Waals surface area contributed by atoms with Crippen LogP contribution in [0.3, 0.4) is 0 Å². The maximum Gasteiger partial charge on any atom is 0.306 e. The second-order valence-corrected chi connectivity index (χ2v) is 7.26. The molecule has 2 rings (SSSR count). The smallest absolute Gasteiger partial charge is 0.306 e. The Bertz CT molecular complexity index is 739. The van der Waals surface area contributed by atoms with Crippen molar-refractivity contribution in [2.24, 2.45) is 0 Å². The van der Waals surface area contributed by atoms with E-state index in [0.717, 1.165) is 5.69 Å². The van der Waals surface area contributed by atoms with Crippen LogP contribution in [0, 0.1) is 6.92 Å². The van der Waals surface area contributed by atoms with Crippen molar-refractivity contribution in [1.29, 1.82) is 0 Å². The molecule has 0 saturated carbocycles. The summed E-state index contributed by atoms with van der Waals surface area (Å²) in [4.78, 5) is 13.2. The number of aromatic nitrogens is 3. The van der Waals surface area contributed by atoms with E-state index < -0.39 is 14.9 Å². The quantitative estimate of drug-likeness (QED) is 0.793. The fraction of sp³-hybridized carbons (Fsp3) is 0.400. The Balaban J connectivity index is 2.31. The van der Waals surface area contributed by atoms with Gasteiger partial charge in [0.2, 0.25) is 0 Å². The fourth-order valence-corrected chi connectivity index (χ4v) is 3.81. The minimum Gasteiger partial charge on any atom is -0.315 e. The Labute approximate surface area is 114 Å². The molecular formula is C10H14N4O3S2. The van der Waals surface area contributed by atoms with Gasteiger partial charge in [-0.2, -0.15) is 5.10 Å². The molecule has 104 valence electrons. The molecule has 9 heteroatoms. The van der Waals surface area contributed by atoms with E-state index in [4.69, 9.17) is 0 Å². The standard InChI is InChI=1S/C10H14N4O3S2/c1-5(2)7-4-8(13-12-7)14-19(16,17)9-6(3)11-10(15)18-9/h4-5H,1-3H3,(H,11,15)(H2,12,13,14). The molecular weight excluding hydrogens is 288 g/mol. The van der Waals surface area contributed by atoms with Gasteiger partial charge in [0.05, 0.1) is 0 Å². The molecule has 0 saturated heterocycles. The van der Waals surface area contributed by atoms with Crippen molar-refractivity contribution in [3.8, 4) is 0 Å². The highest BCUT2D eigenvalue weighted by molar-refractivity contribution is 7.94. The lowest BCUT2D eigenvalue weighted by Crippen LogP contribution is -2.12. The Morgan fingerprint density at radius 2 is 2.11 bits per heavy atom. The van der Waals surface area contributed by atoms with Crippen LogP contribution in [0.25, 0.3) is 0 Å². The number of rotatable bonds is 4. The summed E-state index contributed by atoms with van der Waals surface area (Å²) in [6.45, 7) is 5.47. The molecule has 3 N–H and O–H groups in total. The summed E-state index contributed by atoms with van der Waals surface area (Å²) < 4.78 is 26.5. The third-order valence-corrected chi connectivity index (χ3v) is 5.44. The zero-order valence-electron chi connectivity index (χ0n) is 10.6. The molecule has 0 aromatic carbocycles. The number of aryl methyl sites for hydroxylation is 1. The molecule has 2 aromatic rings. The number of nitrogens with zero attached hydrogens (tertiary/aromatic N) is 1. The number of hydrogen-bond acceptors (Lipinski definition) is 5. The fourth-order valence-electron chi connectivity index (χ4n) is 1.52. The molecule has 0 fully saturated rings. The topological polar surface area (TPSA) is 108 Å². The van der Waals surface area contributed by atoms with Gasteiger partial charge in [-0.3, -0.25) is 14.6 Å². The first kappa shape index (κ1) is 13.8. The predicted molar refractivity (Wildman–Crippen MR) is 73.2 cm³/mol. The number of anilines is 1. The monoisotopic (exact) mass is 302 g/mol. The van der Waals surface area contributed by atoms with Crippen LogP contribution >= 0.6 is 11.3 Å². The van der Waals surface area contributed by atoms with E-state index in [1.807, 2.05) is 13.8 Å². The summed E-state index contributed by atoms with van der Waals surface area (Å²) in [5, 5.41) is 6.64. The summed E-state index contributed by atoms with van der Waals surface area (Å²) >= 11 is 0.654. The first-order valence-corrected chi connectivity index (χ1v) is 7.87. The highest BCUT2D eigenvalue weighted by Crippen LogP contribution is 2.21. The Morgan fingerprint density at radius 3 is 2.58 bits per heavy atom. The van der Waals surface area contributed by atoms with Crippen molar-refractivity contribution in [2.45, 2.75) is 30.9 Å². The van der Waals surface area contributed by atoms with E-state index in [-0.39, 0.29) is 15.9 Å². The highest BCUT2D eigenvalue weighted by atomic mass is 32.2. The maximum atomic E-state index is 12.1. The largest absolute Gasteiger partial charge is 0.315 e. The third-order valence-electron chi connectivity index (χ3n) is 2.48. The van der Waals surface area contributed by atoms with E-state index >= 15 is 0 Å². The molecule has 0 bridgehead atoms. The predicted octanol–water partition coefficient (Wildman–Crippen LogP) is 1.39. The Kier molecular flexibility index (Phi) is 3.50. The molecule has 0 radical (unpaired) electrons. The van der Waals surface area contributed by atoms with Crippen LogP contribution in [-0.2, 0) is 10.0 Å². The summed E-state index contributed by atoms with van der Waals surface area (Å²) in [6, 6.07) is 1.63. The van der Waals surface area contributed by atoms with Crippen LogP contribution in [0.15, 0.2) is 15.1 Å². The summed E-state index contributed by atoms with van der Waals surface area (Å²) in [6.07, 6.45) is 0. The molecule has 0 unspecified atom stereocenters. The highest BCUT2D eigenvalue weighted by Gasteiger charge is 2.21. The Morgan fingerprint density at radius 1 is 1.42 bits per heavy atom. The maximum absolute atomic E-state index is 12.1. The van der Waals surface area contributed by atoms with Gasteiger partial charge in [0.15, 0.2) is 10.0 Å². The van der Waals surface area contributed by atoms with Crippen LogP contribution < -0.4 is 9.60 Å². The molecule has 19 heavy (non-hydrogen) atoms. The second kappa shape index (κ2) is 4.82. The number of nitrogens with one attached hydrogen (secondary N) is 3. The van der Waals surface area contributed by atoms with Gasteiger partial charge in [0.1, 0.15) is 0 Å². The van der Waals surface area contributed by atoms with Crippen molar-refractivity contribution in [2.75, 3.05) is 4.72 Å². The summed E-state index contributed by atoms with van der Waals surface area (Å²) in [5.41, 5.74) is 1.15. The van der Waals surface area contributed by atoms with Gasteiger partial charge in [-0.1, -0.05) is 25.2 Å². The summed E-state index contributed by atoms with van der Waals surface area (Å²) in [5.74, 6) is 0.430. The van der Waals surface area contributed by atoms with E-state index in [2.05, 4.69) is 19.9 Å². The molecule has 7 nitrogen and oxygen atoms in total. The molecule has 0 aliphatic carbocycles. The SMILES string of the molecule is Cc1[nH]c(=O)sc1S(=O)(=O)Nc1cc(C(C)C)[nH]n1. The minimum absolute atomic E-state index is 0.0217. The molecule has 0 aliphatic heterocycles. The lowest BCUT2D eigenvalue weighted by atomic mass is 10.1. The van der Waals surface area contributed by atoms with Gasteiger partial charge in [-0.25, -0.2) is 8.42 Å². The normalized spacial score (nSPS) is 12.0. The van der Waals surface area contributed by atoms with Gasteiger partial charge < -0.3 is 4.98 Å². The van der Waals surface area contributed by atoms with Crippen LogP contribution in [0.2, 0.25) is 0 Å². The zero-order valence-corrected chi connectivity index (χ0v) is 12.3. The van der Waals surface area contributed by atoms with Crippen molar-refractivity contribution < 1.29 is 8.42 Å². The van der Waals surface area contributed by atoms with Crippen LogP contribution in [0.5, 0.6) is 0 Å². The number of hydrogen-bond donors (Lipinski definition) is 3. The minimum atomic E-state index is -3.78. The molecule has 2 aromatic heterocycles. The molecule has 0 aliphatic rings.